The Morgan fingerprint density at radius 1 is 1.33 bits per heavy atom. The topological polar surface area (TPSA) is 49.8 Å². The molecule has 0 heterocycles. The van der Waals surface area contributed by atoms with Crippen molar-refractivity contribution in [2.45, 2.75) is 32.6 Å². The molecule has 2 nitrogen and oxygen atoms in total. The zero-order valence-corrected chi connectivity index (χ0v) is 9.40. The second kappa shape index (κ2) is 5.41. The van der Waals surface area contributed by atoms with E-state index in [0.29, 0.717) is 5.92 Å². The van der Waals surface area contributed by atoms with Crippen molar-refractivity contribution in [3.8, 4) is 6.07 Å². The maximum atomic E-state index is 9.16. The van der Waals surface area contributed by atoms with Crippen LogP contribution < -0.4 is 5.73 Å². The Morgan fingerprint density at radius 2 is 1.93 bits per heavy atom. The molecule has 0 saturated heterocycles. The van der Waals surface area contributed by atoms with E-state index in [4.69, 9.17) is 11.0 Å². The summed E-state index contributed by atoms with van der Waals surface area (Å²) in [7, 11) is 0. The van der Waals surface area contributed by atoms with E-state index in [1.54, 1.807) is 0 Å². The van der Waals surface area contributed by atoms with Gasteiger partial charge in [0.25, 0.3) is 0 Å². The van der Waals surface area contributed by atoms with Crippen LogP contribution in [-0.2, 0) is 0 Å². The molecule has 1 aromatic rings. The van der Waals surface area contributed by atoms with Crippen LogP contribution >= 0.6 is 0 Å². The molecule has 0 aliphatic heterocycles. The minimum absolute atomic E-state index is 0.00875. The molecule has 15 heavy (non-hydrogen) atoms. The van der Waals surface area contributed by atoms with Gasteiger partial charge in [-0.2, -0.15) is 5.26 Å². The highest BCUT2D eigenvalue weighted by Crippen LogP contribution is 2.27. The van der Waals surface area contributed by atoms with Crippen LogP contribution in [0, 0.1) is 17.2 Å². The van der Waals surface area contributed by atoms with Crippen molar-refractivity contribution in [1.29, 1.82) is 5.26 Å². The van der Waals surface area contributed by atoms with E-state index in [1.165, 1.54) is 0 Å². The van der Waals surface area contributed by atoms with Crippen LogP contribution in [-0.4, -0.2) is 0 Å². The van der Waals surface area contributed by atoms with Crippen LogP contribution in [0.1, 0.15) is 38.2 Å². The number of nitriles is 1. The van der Waals surface area contributed by atoms with Gasteiger partial charge in [0.15, 0.2) is 0 Å². The summed E-state index contributed by atoms with van der Waals surface area (Å²) < 4.78 is 0. The number of benzene rings is 1. The maximum absolute atomic E-state index is 9.16. The van der Waals surface area contributed by atoms with Gasteiger partial charge in [0.05, 0.1) is 12.0 Å². The van der Waals surface area contributed by atoms with E-state index >= 15 is 0 Å². The van der Waals surface area contributed by atoms with Crippen LogP contribution in [0.2, 0.25) is 0 Å². The van der Waals surface area contributed by atoms with Gasteiger partial charge in [-0.1, -0.05) is 32.4 Å². The predicted molar refractivity (Wildman–Crippen MR) is 63.3 cm³/mol. The summed E-state index contributed by atoms with van der Waals surface area (Å²) in [5.74, 6) is 0.397. The molecule has 0 saturated carbocycles. The maximum Gasteiger partial charge on any atom is 0.0738 e. The monoisotopic (exact) mass is 202 g/mol. The fraction of sp³-hybridized carbons (Fsp3) is 0.462. The lowest BCUT2D eigenvalue weighted by Crippen LogP contribution is -2.07. The second-order valence-corrected chi connectivity index (χ2v) is 4.04. The number of nitrogen functional groups attached to an aromatic ring is 1. The molecular formula is C13H18N2. The van der Waals surface area contributed by atoms with Gasteiger partial charge in [-0.3, -0.25) is 0 Å². The first-order valence-corrected chi connectivity index (χ1v) is 5.44. The van der Waals surface area contributed by atoms with Crippen LogP contribution in [0.15, 0.2) is 24.3 Å². The van der Waals surface area contributed by atoms with Crippen LogP contribution in [0.25, 0.3) is 0 Å². The van der Waals surface area contributed by atoms with Crippen molar-refractivity contribution in [2.75, 3.05) is 5.73 Å². The lowest BCUT2D eigenvalue weighted by molar-refractivity contribution is 0.484. The van der Waals surface area contributed by atoms with Crippen LogP contribution in [0.4, 0.5) is 5.69 Å². The summed E-state index contributed by atoms with van der Waals surface area (Å²) in [6.07, 6.45) is 2.21. The average molecular weight is 202 g/mol. The van der Waals surface area contributed by atoms with Gasteiger partial charge in [0.2, 0.25) is 0 Å². The number of nitrogens with two attached hydrogens (primary N) is 1. The third-order valence-electron chi connectivity index (χ3n) is 2.75. The van der Waals surface area contributed by atoms with Crippen LogP contribution in [0.3, 0.4) is 0 Å². The van der Waals surface area contributed by atoms with E-state index in [2.05, 4.69) is 19.9 Å². The van der Waals surface area contributed by atoms with E-state index in [9.17, 15) is 0 Å². The van der Waals surface area contributed by atoms with Gasteiger partial charge >= 0.3 is 0 Å². The zero-order valence-electron chi connectivity index (χ0n) is 9.40. The molecule has 2 atom stereocenters. The highest BCUT2D eigenvalue weighted by atomic mass is 14.5. The molecule has 2 unspecified atom stereocenters. The molecule has 0 spiro atoms. The molecule has 0 aromatic heterocycles. The highest BCUT2D eigenvalue weighted by Gasteiger charge is 2.17. The lowest BCUT2D eigenvalue weighted by atomic mass is 9.86. The number of nitrogens with zero attached hydrogens (tertiary/aromatic N) is 1. The summed E-state index contributed by atoms with van der Waals surface area (Å²) in [5, 5.41) is 9.16. The molecule has 1 aromatic carbocycles. The average Bonchev–Trinajstić information content (AvgIpc) is 2.22. The Morgan fingerprint density at radius 3 is 2.40 bits per heavy atom. The number of rotatable bonds is 4. The molecule has 0 amide bonds. The van der Waals surface area contributed by atoms with Gasteiger partial charge in [-0.25, -0.2) is 0 Å². The van der Waals surface area contributed by atoms with Crippen molar-refractivity contribution in [1.82, 2.24) is 0 Å². The van der Waals surface area contributed by atoms with E-state index < -0.39 is 0 Å². The quantitative estimate of drug-likeness (QED) is 0.761. The normalized spacial score (nSPS) is 14.2. The fourth-order valence-electron chi connectivity index (χ4n) is 1.86. The van der Waals surface area contributed by atoms with E-state index in [1.807, 2.05) is 24.3 Å². The van der Waals surface area contributed by atoms with Gasteiger partial charge in [-0.05, 0) is 30.0 Å². The Balaban J connectivity index is 2.84. The van der Waals surface area contributed by atoms with Crippen LogP contribution in [0.5, 0.6) is 0 Å². The van der Waals surface area contributed by atoms with Crippen molar-refractivity contribution >= 4 is 5.69 Å². The third-order valence-corrected chi connectivity index (χ3v) is 2.75. The standard InChI is InChI=1S/C13H18N2/c1-3-4-10(2)13(9-14)11-5-7-12(15)8-6-11/h5-8,10,13H,3-4,15H2,1-2H3. The fourth-order valence-corrected chi connectivity index (χ4v) is 1.86. The lowest BCUT2D eigenvalue weighted by Gasteiger charge is -2.17. The molecule has 80 valence electrons. The number of hydrogen-bond donors (Lipinski definition) is 1. The van der Waals surface area contributed by atoms with Crippen molar-refractivity contribution < 1.29 is 0 Å². The van der Waals surface area contributed by atoms with Crippen molar-refractivity contribution in [3.05, 3.63) is 29.8 Å². The van der Waals surface area contributed by atoms with E-state index in [0.717, 1.165) is 24.1 Å². The largest absolute Gasteiger partial charge is 0.399 e. The molecule has 1 rings (SSSR count). The Labute approximate surface area is 91.7 Å². The smallest absolute Gasteiger partial charge is 0.0738 e. The SMILES string of the molecule is CCCC(C)C(C#N)c1ccc(N)cc1. The molecule has 0 radical (unpaired) electrons. The summed E-state index contributed by atoms with van der Waals surface area (Å²) in [5.41, 5.74) is 7.45. The van der Waals surface area contributed by atoms with Gasteiger partial charge in [-0.15, -0.1) is 0 Å². The Bertz CT molecular complexity index is 335. The van der Waals surface area contributed by atoms with Crippen molar-refractivity contribution in [2.24, 2.45) is 5.92 Å². The third kappa shape index (κ3) is 2.99. The first-order chi connectivity index (χ1) is 7.19. The minimum atomic E-state index is -0.00875. The Hall–Kier alpha value is -1.49. The van der Waals surface area contributed by atoms with Crippen molar-refractivity contribution in [3.63, 3.8) is 0 Å². The molecule has 2 heteroatoms. The van der Waals surface area contributed by atoms with E-state index in [-0.39, 0.29) is 5.92 Å². The minimum Gasteiger partial charge on any atom is -0.399 e. The summed E-state index contributed by atoms with van der Waals surface area (Å²) in [6.45, 7) is 4.28. The number of hydrogen-bond acceptors (Lipinski definition) is 2. The van der Waals surface area contributed by atoms with Gasteiger partial charge in [0, 0.05) is 5.69 Å². The molecule has 0 aliphatic carbocycles. The molecular weight excluding hydrogens is 184 g/mol. The Kier molecular flexibility index (Phi) is 4.17. The second-order valence-electron chi connectivity index (χ2n) is 4.04. The summed E-state index contributed by atoms with van der Waals surface area (Å²) in [6, 6.07) is 10.0. The first kappa shape index (κ1) is 11.6. The van der Waals surface area contributed by atoms with Gasteiger partial charge < -0.3 is 5.73 Å². The number of anilines is 1. The molecule has 0 fully saturated rings. The highest BCUT2D eigenvalue weighted by molar-refractivity contribution is 5.41. The summed E-state index contributed by atoms with van der Waals surface area (Å²) >= 11 is 0. The zero-order chi connectivity index (χ0) is 11.3. The molecule has 0 aliphatic rings. The molecule has 2 N–H and O–H groups in total. The van der Waals surface area contributed by atoms with Gasteiger partial charge in [0.1, 0.15) is 0 Å². The summed E-state index contributed by atoms with van der Waals surface area (Å²) in [4.78, 5) is 0. The first-order valence-electron chi connectivity index (χ1n) is 5.44. The predicted octanol–water partition coefficient (Wildman–Crippen LogP) is 3.31. The molecule has 0 bridgehead atoms.